The molecule has 2 rings (SSSR count). The van der Waals surface area contributed by atoms with E-state index in [0.29, 0.717) is 17.9 Å². The summed E-state index contributed by atoms with van der Waals surface area (Å²) in [7, 11) is 1.73. The second-order valence-electron chi connectivity index (χ2n) is 4.88. The van der Waals surface area contributed by atoms with E-state index in [9.17, 15) is 4.39 Å². The third-order valence-corrected chi connectivity index (χ3v) is 5.24. The van der Waals surface area contributed by atoms with E-state index in [1.807, 2.05) is 11.8 Å². The maximum Gasteiger partial charge on any atom is 0.100 e. The van der Waals surface area contributed by atoms with Crippen LogP contribution in [0.2, 0.25) is 0 Å². The molecule has 0 saturated heterocycles. The Morgan fingerprint density at radius 1 is 1.35 bits per heavy atom. The summed E-state index contributed by atoms with van der Waals surface area (Å²) in [4.78, 5) is 1.42. The summed E-state index contributed by atoms with van der Waals surface area (Å²) in [5, 5.41) is 4.02. The Labute approximate surface area is 107 Å². The first-order chi connectivity index (χ1) is 8.24. The van der Waals surface area contributed by atoms with Gasteiger partial charge < -0.3 is 10.1 Å². The summed E-state index contributed by atoms with van der Waals surface area (Å²) in [6.07, 6.45) is 4.02. The normalized spacial score (nSPS) is 33.9. The average molecular weight is 259 g/mol. The fraction of sp³-hybridized carbons (Fsp3) is 0.846. The highest BCUT2D eigenvalue weighted by molar-refractivity contribution is 8.03. The van der Waals surface area contributed by atoms with Crippen molar-refractivity contribution in [2.75, 3.05) is 13.7 Å². The van der Waals surface area contributed by atoms with Gasteiger partial charge in [0.25, 0.3) is 0 Å². The maximum absolute atomic E-state index is 13.1. The molecule has 98 valence electrons. The molecular formula is C13H22FNOS. The molecule has 17 heavy (non-hydrogen) atoms. The fourth-order valence-corrected chi connectivity index (χ4v) is 4.06. The fourth-order valence-electron chi connectivity index (χ4n) is 2.66. The van der Waals surface area contributed by atoms with Crippen LogP contribution in [-0.4, -0.2) is 25.3 Å². The van der Waals surface area contributed by atoms with E-state index in [4.69, 9.17) is 4.74 Å². The molecule has 1 atom stereocenters. The van der Waals surface area contributed by atoms with E-state index < -0.39 is 6.17 Å². The largest absolute Gasteiger partial charge is 0.378 e. The highest BCUT2D eigenvalue weighted by Gasteiger charge is 2.32. The summed E-state index contributed by atoms with van der Waals surface area (Å²) in [5.41, 5.74) is 1.24. The van der Waals surface area contributed by atoms with Crippen LogP contribution < -0.4 is 5.32 Å². The third-order valence-electron chi connectivity index (χ3n) is 3.66. The van der Waals surface area contributed by atoms with Crippen molar-refractivity contribution in [3.63, 3.8) is 0 Å². The van der Waals surface area contributed by atoms with Gasteiger partial charge >= 0.3 is 0 Å². The van der Waals surface area contributed by atoms with Crippen LogP contribution in [0.15, 0.2) is 10.6 Å². The van der Waals surface area contributed by atoms with Gasteiger partial charge in [-0.15, -0.1) is 11.8 Å². The number of alkyl halides is 1. The minimum atomic E-state index is -0.560. The monoisotopic (exact) mass is 259 g/mol. The van der Waals surface area contributed by atoms with Crippen LogP contribution in [0.3, 0.4) is 0 Å². The molecule has 0 amide bonds. The smallest absolute Gasteiger partial charge is 0.100 e. The maximum atomic E-state index is 13.1. The Bertz CT molecular complexity index is 287. The summed E-state index contributed by atoms with van der Waals surface area (Å²) in [6, 6.07) is 0. The van der Waals surface area contributed by atoms with Crippen molar-refractivity contribution in [3.8, 4) is 0 Å². The molecule has 0 aromatic heterocycles. The van der Waals surface area contributed by atoms with Crippen LogP contribution in [-0.2, 0) is 4.74 Å². The molecule has 0 radical (unpaired) electrons. The van der Waals surface area contributed by atoms with Gasteiger partial charge in [-0.25, -0.2) is 4.39 Å². The quantitative estimate of drug-likeness (QED) is 0.835. The molecule has 2 aliphatic rings. The van der Waals surface area contributed by atoms with Crippen molar-refractivity contribution in [2.24, 2.45) is 5.92 Å². The molecule has 1 saturated carbocycles. The zero-order chi connectivity index (χ0) is 12.3. The lowest BCUT2D eigenvalue weighted by Crippen LogP contribution is -2.33. The van der Waals surface area contributed by atoms with E-state index >= 15 is 0 Å². The Kier molecular flexibility index (Phi) is 4.74. The Morgan fingerprint density at radius 3 is 2.65 bits per heavy atom. The average Bonchev–Trinajstić information content (AvgIpc) is 2.74. The van der Waals surface area contributed by atoms with Crippen LogP contribution in [0.25, 0.3) is 0 Å². The summed E-state index contributed by atoms with van der Waals surface area (Å²) >= 11 is 1.93. The van der Waals surface area contributed by atoms with Crippen molar-refractivity contribution in [3.05, 3.63) is 10.6 Å². The zero-order valence-corrected chi connectivity index (χ0v) is 11.5. The van der Waals surface area contributed by atoms with Gasteiger partial charge in [-0.05, 0) is 38.0 Å². The van der Waals surface area contributed by atoms with Gasteiger partial charge in [0.15, 0.2) is 0 Å². The van der Waals surface area contributed by atoms with Crippen LogP contribution >= 0.6 is 11.8 Å². The van der Waals surface area contributed by atoms with Gasteiger partial charge in [-0.3, -0.25) is 0 Å². The van der Waals surface area contributed by atoms with Gasteiger partial charge in [0, 0.05) is 17.7 Å². The number of methoxy groups -OCH3 is 1. The topological polar surface area (TPSA) is 21.3 Å². The second-order valence-corrected chi connectivity index (χ2v) is 6.12. The second kappa shape index (κ2) is 6.10. The van der Waals surface area contributed by atoms with E-state index in [1.54, 1.807) is 7.11 Å². The molecule has 0 spiro atoms. The third kappa shape index (κ3) is 3.16. The molecule has 4 heteroatoms. The summed E-state index contributed by atoms with van der Waals surface area (Å²) < 4.78 is 18.3. The van der Waals surface area contributed by atoms with Gasteiger partial charge in [0.05, 0.1) is 12.0 Å². The Morgan fingerprint density at radius 2 is 2.06 bits per heavy atom. The zero-order valence-electron chi connectivity index (χ0n) is 10.7. The number of ether oxygens (including phenoxy) is 1. The first kappa shape index (κ1) is 13.2. The van der Waals surface area contributed by atoms with Crippen molar-refractivity contribution in [1.82, 2.24) is 5.32 Å². The highest BCUT2D eigenvalue weighted by Crippen LogP contribution is 2.41. The molecular weight excluding hydrogens is 237 g/mol. The molecule has 0 aromatic rings. The van der Waals surface area contributed by atoms with Crippen LogP contribution in [0, 0.1) is 5.92 Å². The predicted octanol–water partition coefficient (Wildman–Crippen LogP) is 3.45. The van der Waals surface area contributed by atoms with Crippen molar-refractivity contribution in [2.45, 2.75) is 50.6 Å². The number of halogens is 1. The van der Waals surface area contributed by atoms with Crippen molar-refractivity contribution < 1.29 is 9.13 Å². The van der Waals surface area contributed by atoms with E-state index in [0.717, 1.165) is 32.1 Å². The highest BCUT2D eigenvalue weighted by atomic mass is 32.2. The number of thioether (sulfide) groups is 1. The number of rotatable bonds is 4. The molecule has 0 bridgehead atoms. The Balaban J connectivity index is 1.90. The lowest BCUT2D eigenvalue weighted by Gasteiger charge is -2.29. The molecule has 1 aliphatic heterocycles. The number of nitrogens with one attached hydrogen (secondary N) is 1. The SMILES string of the molecule is CCC1=C(COC)NC(C2CCC(F)CC2)S1. The number of hydrogen-bond acceptors (Lipinski definition) is 3. The van der Waals surface area contributed by atoms with E-state index in [2.05, 4.69) is 12.2 Å². The van der Waals surface area contributed by atoms with E-state index in [1.165, 1.54) is 10.6 Å². The molecule has 1 N–H and O–H groups in total. The summed E-state index contributed by atoms with van der Waals surface area (Å²) in [5.74, 6) is 0.614. The van der Waals surface area contributed by atoms with Gasteiger partial charge in [0.1, 0.15) is 6.17 Å². The first-order valence-electron chi connectivity index (χ1n) is 6.52. The first-order valence-corrected chi connectivity index (χ1v) is 7.40. The van der Waals surface area contributed by atoms with Crippen LogP contribution in [0.1, 0.15) is 39.0 Å². The van der Waals surface area contributed by atoms with Crippen molar-refractivity contribution >= 4 is 11.8 Å². The predicted molar refractivity (Wildman–Crippen MR) is 70.6 cm³/mol. The number of hydrogen-bond donors (Lipinski definition) is 1. The van der Waals surface area contributed by atoms with Crippen LogP contribution in [0.5, 0.6) is 0 Å². The lowest BCUT2D eigenvalue weighted by atomic mass is 9.88. The molecule has 0 aromatic carbocycles. The number of allylic oxidation sites excluding steroid dienone is 1. The molecule has 1 aliphatic carbocycles. The molecule has 1 unspecified atom stereocenters. The van der Waals surface area contributed by atoms with E-state index in [-0.39, 0.29) is 0 Å². The van der Waals surface area contributed by atoms with Gasteiger partial charge in [-0.2, -0.15) is 0 Å². The van der Waals surface area contributed by atoms with Gasteiger partial charge in [0.2, 0.25) is 0 Å². The molecule has 2 nitrogen and oxygen atoms in total. The minimum Gasteiger partial charge on any atom is -0.378 e. The molecule has 1 fully saturated rings. The van der Waals surface area contributed by atoms with Gasteiger partial charge in [-0.1, -0.05) is 6.92 Å². The Hall–Kier alpha value is -0.220. The van der Waals surface area contributed by atoms with Crippen molar-refractivity contribution in [1.29, 1.82) is 0 Å². The summed E-state index contributed by atoms with van der Waals surface area (Å²) in [6.45, 7) is 2.85. The molecule has 1 heterocycles. The van der Waals surface area contributed by atoms with Crippen LogP contribution in [0.4, 0.5) is 4.39 Å². The standard InChI is InChI=1S/C13H22FNOS/c1-3-12-11(8-16-2)15-13(17-12)9-4-6-10(14)7-5-9/h9-10,13,15H,3-8H2,1-2H3. The minimum absolute atomic E-state index is 0.447. The lowest BCUT2D eigenvalue weighted by molar-refractivity contribution is 0.194.